The van der Waals surface area contributed by atoms with E-state index in [0.717, 1.165) is 18.3 Å². The van der Waals surface area contributed by atoms with Gasteiger partial charge in [-0.2, -0.15) is 0 Å². The summed E-state index contributed by atoms with van der Waals surface area (Å²) in [6.45, 7) is 9.71. The minimum absolute atomic E-state index is 0.175. The van der Waals surface area contributed by atoms with E-state index in [0.29, 0.717) is 11.8 Å². The summed E-state index contributed by atoms with van der Waals surface area (Å²) >= 11 is 0. The minimum atomic E-state index is -0.175. The highest BCUT2D eigenvalue weighted by molar-refractivity contribution is 5.29. The lowest BCUT2D eigenvalue weighted by Crippen LogP contribution is -2.19. The molecule has 1 saturated carbocycles. The van der Waals surface area contributed by atoms with Crippen molar-refractivity contribution in [2.45, 2.75) is 91.3 Å². The molecular weight excluding hydrogens is 308 g/mol. The molecule has 0 N–H and O–H groups in total. The van der Waals surface area contributed by atoms with Crippen molar-refractivity contribution in [2.75, 3.05) is 6.61 Å². The molecule has 2 unspecified atom stereocenters. The number of benzene rings is 1. The normalized spacial score (nSPS) is 18.3. The van der Waals surface area contributed by atoms with Crippen LogP contribution in [0.4, 0.5) is 0 Å². The van der Waals surface area contributed by atoms with Crippen LogP contribution in [0.3, 0.4) is 0 Å². The van der Waals surface area contributed by atoms with Gasteiger partial charge in [0, 0.05) is 0 Å². The van der Waals surface area contributed by atoms with Crippen LogP contribution in [0.15, 0.2) is 24.3 Å². The molecule has 0 heterocycles. The van der Waals surface area contributed by atoms with Crippen LogP contribution < -0.4 is 4.74 Å². The molecule has 2 heteroatoms. The Bertz CT molecular complexity index is 459. The highest BCUT2D eigenvalue weighted by atomic mass is 16.7. The molecule has 0 amide bonds. The fraction of sp³-hybridized carbons (Fsp3) is 0.739. The second kappa shape index (κ2) is 10.9. The van der Waals surface area contributed by atoms with Crippen LogP contribution in [0.25, 0.3) is 0 Å². The van der Waals surface area contributed by atoms with Crippen molar-refractivity contribution in [2.24, 2.45) is 11.8 Å². The van der Waals surface area contributed by atoms with Gasteiger partial charge in [-0.15, -0.1) is 0 Å². The molecule has 1 aromatic rings. The van der Waals surface area contributed by atoms with Crippen molar-refractivity contribution in [1.29, 1.82) is 0 Å². The van der Waals surface area contributed by atoms with Gasteiger partial charge in [-0.25, -0.2) is 0 Å². The summed E-state index contributed by atoms with van der Waals surface area (Å²) < 4.78 is 11.8. The van der Waals surface area contributed by atoms with E-state index in [4.69, 9.17) is 9.47 Å². The molecule has 25 heavy (non-hydrogen) atoms. The van der Waals surface area contributed by atoms with Crippen molar-refractivity contribution in [3.8, 4) is 5.75 Å². The summed E-state index contributed by atoms with van der Waals surface area (Å²) in [5.41, 5.74) is 1.43. The first-order valence-corrected chi connectivity index (χ1v) is 10.5. The molecule has 1 aliphatic rings. The zero-order valence-corrected chi connectivity index (χ0v) is 16.8. The summed E-state index contributed by atoms with van der Waals surface area (Å²) in [5.74, 6) is 3.09. The Labute approximate surface area is 155 Å². The van der Waals surface area contributed by atoms with E-state index in [1.54, 1.807) is 0 Å². The van der Waals surface area contributed by atoms with Crippen LogP contribution in [0.2, 0.25) is 0 Å². The summed E-state index contributed by atoms with van der Waals surface area (Å²) in [6, 6.07) is 8.65. The molecule has 1 fully saturated rings. The first-order chi connectivity index (χ1) is 12.1. The Morgan fingerprint density at radius 3 is 2.28 bits per heavy atom. The third-order valence-corrected chi connectivity index (χ3v) is 5.62. The van der Waals surface area contributed by atoms with E-state index in [1.165, 1.54) is 56.9 Å². The maximum atomic E-state index is 5.94. The van der Waals surface area contributed by atoms with Gasteiger partial charge in [-0.1, -0.05) is 71.4 Å². The van der Waals surface area contributed by atoms with Crippen LogP contribution in [0.5, 0.6) is 5.75 Å². The largest absolute Gasteiger partial charge is 0.465 e. The van der Waals surface area contributed by atoms with E-state index in [1.807, 2.05) is 6.92 Å². The fourth-order valence-corrected chi connectivity index (χ4v) is 4.09. The van der Waals surface area contributed by atoms with Gasteiger partial charge in [0.2, 0.25) is 0 Å². The van der Waals surface area contributed by atoms with E-state index in [2.05, 4.69) is 45.0 Å². The van der Waals surface area contributed by atoms with Crippen molar-refractivity contribution in [1.82, 2.24) is 0 Å². The summed E-state index contributed by atoms with van der Waals surface area (Å²) in [5, 5.41) is 0. The van der Waals surface area contributed by atoms with E-state index >= 15 is 0 Å². The van der Waals surface area contributed by atoms with Gasteiger partial charge < -0.3 is 9.47 Å². The molecule has 0 radical (unpaired) electrons. The fourth-order valence-electron chi connectivity index (χ4n) is 4.09. The highest BCUT2D eigenvalue weighted by Gasteiger charge is 2.16. The average Bonchev–Trinajstić information content (AvgIpc) is 2.61. The maximum absolute atomic E-state index is 5.94. The van der Waals surface area contributed by atoms with Gasteiger partial charge in [0.25, 0.3) is 0 Å². The standard InChI is InChI=1S/C23H38O2/c1-5-9-23(18(2)3)21-12-14-22(15-13-21)25-19(4)24-17-16-20-10-7-6-8-11-20/h12-15,18-20,23H,5-11,16-17H2,1-4H3. The molecule has 2 atom stereocenters. The van der Waals surface area contributed by atoms with Crippen LogP contribution in [0.1, 0.15) is 90.5 Å². The summed E-state index contributed by atoms with van der Waals surface area (Å²) in [7, 11) is 0. The molecule has 0 bridgehead atoms. The quantitative estimate of drug-likeness (QED) is 0.427. The average molecular weight is 347 g/mol. The molecule has 1 aliphatic carbocycles. The Morgan fingerprint density at radius 2 is 1.68 bits per heavy atom. The van der Waals surface area contributed by atoms with Crippen molar-refractivity contribution in [3.05, 3.63) is 29.8 Å². The first-order valence-electron chi connectivity index (χ1n) is 10.5. The topological polar surface area (TPSA) is 18.5 Å². The van der Waals surface area contributed by atoms with E-state index < -0.39 is 0 Å². The smallest absolute Gasteiger partial charge is 0.196 e. The first kappa shape index (κ1) is 20.3. The zero-order valence-electron chi connectivity index (χ0n) is 16.8. The zero-order chi connectivity index (χ0) is 18.1. The second-order valence-corrected chi connectivity index (χ2v) is 8.06. The lowest BCUT2D eigenvalue weighted by atomic mass is 9.85. The predicted octanol–water partition coefficient (Wildman–Crippen LogP) is 6.94. The van der Waals surface area contributed by atoms with Crippen molar-refractivity contribution >= 4 is 0 Å². The molecule has 0 saturated heterocycles. The monoisotopic (exact) mass is 346 g/mol. The molecule has 0 spiro atoms. The SMILES string of the molecule is CCCC(c1ccc(OC(C)OCCC2CCCCC2)cc1)C(C)C. The maximum Gasteiger partial charge on any atom is 0.196 e. The third kappa shape index (κ3) is 7.01. The van der Waals surface area contributed by atoms with Gasteiger partial charge in [0.05, 0.1) is 6.61 Å². The van der Waals surface area contributed by atoms with Crippen LogP contribution >= 0.6 is 0 Å². The second-order valence-electron chi connectivity index (χ2n) is 8.06. The van der Waals surface area contributed by atoms with Crippen LogP contribution in [0, 0.1) is 11.8 Å². The number of ether oxygens (including phenoxy) is 2. The molecule has 2 nitrogen and oxygen atoms in total. The predicted molar refractivity (Wildman–Crippen MR) is 106 cm³/mol. The highest BCUT2D eigenvalue weighted by Crippen LogP contribution is 2.30. The van der Waals surface area contributed by atoms with Crippen molar-refractivity contribution in [3.63, 3.8) is 0 Å². The number of hydrogen-bond donors (Lipinski definition) is 0. The summed E-state index contributed by atoms with van der Waals surface area (Å²) in [6.07, 6.45) is 10.5. The van der Waals surface area contributed by atoms with Crippen LogP contribution in [-0.4, -0.2) is 12.9 Å². The van der Waals surface area contributed by atoms with Crippen LogP contribution in [-0.2, 0) is 4.74 Å². The van der Waals surface area contributed by atoms with Gasteiger partial charge in [0.1, 0.15) is 5.75 Å². The van der Waals surface area contributed by atoms with E-state index in [-0.39, 0.29) is 6.29 Å². The molecule has 2 rings (SSSR count). The Kier molecular flexibility index (Phi) is 8.81. The van der Waals surface area contributed by atoms with Crippen molar-refractivity contribution < 1.29 is 9.47 Å². The Hall–Kier alpha value is -1.02. The molecular formula is C23H38O2. The third-order valence-electron chi connectivity index (χ3n) is 5.62. The number of hydrogen-bond acceptors (Lipinski definition) is 2. The lowest BCUT2D eigenvalue weighted by molar-refractivity contribution is -0.0711. The molecule has 0 aromatic heterocycles. The lowest BCUT2D eigenvalue weighted by Gasteiger charge is -2.23. The van der Waals surface area contributed by atoms with Gasteiger partial charge in [-0.3, -0.25) is 0 Å². The molecule has 142 valence electrons. The Balaban J connectivity index is 1.75. The molecule has 0 aliphatic heterocycles. The Morgan fingerprint density at radius 1 is 1.00 bits per heavy atom. The van der Waals surface area contributed by atoms with Gasteiger partial charge >= 0.3 is 0 Å². The van der Waals surface area contributed by atoms with E-state index in [9.17, 15) is 0 Å². The number of rotatable bonds is 10. The summed E-state index contributed by atoms with van der Waals surface area (Å²) in [4.78, 5) is 0. The molecule has 1 aromatic carbocycles. The van der Waals surface area contributed by atoms with Gasteiger partial charge in [-0.05, 0) is 55.2 Å². The van der Waals surface area contributed by atoms with Gasteiger partial charge in [0.15, 0.2) is 6.29 Å². The minimum Gasteiger partial charge on any atom is -0.465 e.